The minimum Gasteiger partial charge on any atom is -0.490 e. The number of hydrogen-bond donors (Lipinski definition) is 0. The molecule has 0 spiro atoms. The number of hydrogen-bond acceptors (Lipinski definition) is 2. The second kappa shape index (κ2) is 6.34. The van der Waals surface area contributed by atoms with Crippen molar-refractivity contribution in [3.8, 4) is 5.75 Å². The van der Waals surface area contributed by atoms with Gasteiger partial charge in [-0.25, -0.2) is 8.60 Å². The summed E-state index contributed by atoms with van der Waals surface area (Å²) in [5, 5.41) is 0. The Bertz CT molecular complexity index is 643. The number of ether oxygens (including phenoxy) is 1. The smallest absolute Gasteiger partial charge is 0.165 e. The van der Waals surface area contributed by atoms with Crippen LogP contribution in [-0.4, -0.2) is 21.3 Å². The molecule has 23 heavy (non-hydrogen) atoms. The van der Waals surface area contributed by atoms with Crippen LogP contribution in [0.25, 0.3) is 0 Å². The quantitative estimate of drug-likeness (QED) is 0.727. The van der Waals surface area contributed by atoms with E-state index < -0.39 is 15.7 Å². The Kier molecular flexibility index (Phi) is 4.59. The average Bonchev–Trinajstić information content (AvgIpc) is 3.36. The van der Waals surface area contributed by atoms with Crippen LogP contribution in [0.1, 0.15) is 52.0 Å². The molecule has 3 rings (SSSR count). The molecule has 2 aliphatic carbocycles. The first-order valence-corrected chi connectivity index (χ1v) is 9.38. The summed E-state index contributed by atoms with van der Waals surface area (Å²) in [5.41, 5.74) is 1.66. The lowest BCUT2D eigenvalue weighted by Crippen LogP contribution is -2.21. The zero-order valence-electron chi connectivity index (χ0n) is 14.0. The van der Waals surface area contributed by atoms with Crippen molar-refractivity contribution < 1.29 is 13.3 Å². The molecule has 126 valence electrons. The van der Waals surface area contributed by atoms with Crippen molar-refractivity contribution in [2.75, 3.05) is 6.61 Å². The molecule has 1 aromatic rings. The molecule has 2 saturated carbocycles. The first-order valence-electron chi connectivity index (χ1n) is 8.28. The van der Waals surface area contributed by atoms with Crippen LogP contribution >= 0.6 is 0 Å². The molecule has 0 heterocycles. The second-order valence-corrected chi connectivity index (χ2v) is 9.42. The molecule has 3 nitrogen and oxygen atoms in total. The Morgan fingerprint density at radius 3 is 2.57 bits per heavy atom. The van der Waals surface area contributed by atoms with Gasteiger partial charge in [-0.3, -0.25) is 0 Å². The molecule has 2 fully saturated rings. The molecular formula is C18H24FNO2S. The number of halogens is 1. The van der Waals surface area contributed by atoms with Crippen LogP contribution in [-0.2, 0) is 11.0 Å². The summed E-state index contributed by atoms with van der Waals surface area (Å²) >= 11 is 0. The lowest BCUT2D eigenvalue weighted by molar-refractivity contribution is 0.285. The third-order valence-corrected chi connectivity index (χ3v) is 5.48. The molecule has 0 amide bonds. The standard InChI is InChI=1S/C18H24FNO2S/c1-18(2,3)23(21)20-17(13-6-7-13)14-8-9-15(19)16(10-14)22-11-12-4-5-12/h8-10,12-13H,4-7,11H2,1-3H3/t23-/m0/s1. The zero-order chi connectivity index (χ0) is 16.6. The third-order valence-electron chi connectivity index (χ3n) is 4.07. The zero-order valence-corrected chi connectivity index (χ0v) is 14.8. The van der Waals surface area contributed by atoms with Gasteiger partial charge in [-0.15, -0.1) is 0 Å². The molecule has 0 bridgehead atoms. The highest BCUT2D eigenvalue weighted by atomic mass is 32.2. The molecule has 0 aromatic heterocycles. The van der Waals surface area contributed by atoms with Gasteiger partial charge in [0.15, 0.2) is 11.6 Å². The van der Waals surface area contributed by atoms with Crippen molar-refractivity contribution in [2.45, 2.75) is 51.2 Å². The lowest BCUT2D eigenvalue weighted by Gasteiger charge is -2.16. The predicted molar refractivity (Wildman–Crippen MR) is 91.8 cm³/mol. The van der Waals surface area contributed by atoms with Gasteiger partial charge >= 0.3 is 0 Å². The SMILES string of the molecule is CC(C)(C)[S@](=O)N=C(c1ccc(F)c(OCC2CC2)c1)C1CC1. The summed E-state index contributed by atoms with van der Waals surface area (Å²) in [6.45, 7) is 6.30. The van der Waals surface area contributed by atoms with E-state index in [-0.39, 0.29) is 11.6 Å². The molecule has 0 unspecified atom stereocenters. The Balaban J connectivity index is 1.85. The van der Waals surface area contributed by atoms with Gasteiger partial charge in [0.25, 0.3) is 0 Å². The summed E-state index contributed by atoms with van der Waals surface area (Å²) in [6, 6.07) is 4.86. The minimum absolute atomic E-state index is 0.282. The highest BCUT2D eigenvalue weighted by Gasteiger charge is 2.31. The first-order chi connectivity index (χ1) is 10.8. The summed E-state index contributed by atoms with van der Waals surface area (Å²) < 4.78 is 36.0. The van der Waals surface area contributed by atoms with Crippen LogP contribution in [0.2, 0.25) is 0 Å². The first kappa shape index (κ1) is 16.6. The second-order valence-electron chi connectivity index (χ2n) is 7.51. The molecular weight excluding hydrogens is 313 g/mol. The van der Waals surface area contributed by atoms with Gasteiger partial charge in [0, 0.05) is 11.5 Å². The van der Waals surface area contributed by atoms with Crippen molar-refractivity contribution in [3.05, 3.63) is 29.6 Å². The van der Waals surface area contributed by atoms with Crippen LogP contribution in [0.15, 0.2) is 22.6 Å². The maximum Gasteiger partial charge on any atom is 0.165 e. The summed E-state index contributed by atoms with van der Waals surface area (Å²) in [4.78, 5) is 0. The van der Waals surface area contributed by atoms with E-state index >= 15 is 0 Å². The topological polar surface area (TPSA) is 38.7 Å². The van der Waals surface area contributed by atoms with Crippen LogP contribution in [0.5, 0.6) is 5.75 Å². The van der Waals surface area contributed by atoms with E-state index in [0.717, 1.165) is 24.1 Å². The van der Waals surface area contributed by atoms with Crippen molar-refractivity contribution in [1.82, 2.24) is 0 Å². The molecule has 1 aromatic carbocycles. The van der Waals surface area contributed by atoms with Gasteiger partial charge in [-0.2, -0.15) is 4.40 Å². The van der Waals surface area contributed by atoms with E-state index in [1.165, 1.54) is 18.9 Å². The fourth-order valence-corrected chi connectivity index (χ4v) is 2.92. The Hall–Kier alpha value is -1.23. The van der Waals surface area contributed by atoms with E-state index in [1.807, 2.05) is 20.8 Å². The van der Waals surface area contributed by atoms with Crippen LogP contribution in [0.3, 0.4) is 0 Å². The van der Waals surface area contributed by atoms with Crippen molar-refractivity contribution in [1.29, 1.82) is 0 Å². The molecule has 2 aliphatic rings. The normalized spacial score (nSPS) is 20.4. The van der Waals surface area contributed by atoms with Gasteiger partial charge < -0.3 is 4.74 Å². The molecule has 0 radical (unpaired) electrons. The molecule has 1 atom stereocenters. The highest BCUT2D eigenvalue weighted by molar-refractivity contribution is 7.85. The molecule has 0 N–H and O–H groups in total. The van der Waals surface area contributed by atoms with Gasteiger partial charge in [-0.1, -0.05) is 0 Å². The number of nitrogens with zero attached hydrogens (tertiary/aromatic N) is 1. The fraction of sp³-hybridized carbons (Fsp3) is 0.611. The molecule has 0 saturated heterocycles. The van der Waals surface area contributed by atoms with Crippen LogP contribution in [0, 0.1) is 17.7 Å². The van der Waals surface area contributed by atoms with E-state index in [2.05, 4.69) is 4.40 Å². The Labute approximate surface area is 139 Å². The number of benzene rings is 1. The molecule has 5 heteroatoms. The van der Waals surface area contributed by atoms with Gasteiger partial charge in [0.2, 0.25) is 0 Å². The largest absolute Gasteiger partial charge is 0.490 e. The van der Waals surface area contributed by atoms with Crippen molar-refractivity contribution >= 4 is 16.7 Å². The van der Waals surface area contributed by atoms with Crippen molar-refractivity contribution in [3.63, 3.8) is 0 Å². The maximum absolute atomic E-state index is 13.9. The van der Waals surface area contributed by atoms with Gasteiger partial charge in [-0.05, 0) is 70.6 Å². The van der Waals surface area contributed by atoms with E-state index in [9.17, 15) is 8.60 Å². The fourth-order valence-electron chi connectivity index (χ4n) is 2.21. The predicted octanol–water partition coefficient (Wildman–Crippen LogP) is 4.28. The highest BCUT2D eigenvalue weighted by Crippen LogP contribution is 2.36. The maximum atomic E-state index is 13.9. The number of rotatable bonds is 6. The van der Waals surface area contributed by atoms with Gasteiger partial charge in [0.1, 0.15) is 11.0 Å². The summed E-state index contributed by atoms with van der Waals surface area (Å²) in [7, 11) is -1.31. The monoisotopic (exact) mass is 337 g/mol. The summed E-state index contributed by atoms with van der Waals surface area (Å²) in [5.74, 6) is 0.844. The summed E-state index contributed by atoms with van der Waals surface area (Å²) in [6.07, 6.45) is 4.44. The lowest BCUT2D eigenvalue weighted by atomic mass is 10.1. The van der Waals surface area contributed by atoms with E-state index in [4.69, 9.17) is 4.74 Å². The van der Waals surface area contributed by atoms with Crippen molar-refractivity contribution in [2.24, 2.45) is 16.2 Å². The van der Waals surface area contributed by atoms with Crippen LogP contribution < -0.4 is 4.74 Å². The van der Waals surface area contributed by atoms with E-state index in [1.54, 1.807) is 12.1 Å². The average molecular weight is 337 g/mol. The third kappa shape index (κ3) is 4.40. The molecule has 0 aliphatic heterocycles. The Morgan fingerprint density at radius 1 is 1.30 bits per heavy atom. The minimum atomic E-state index is -1.31. The van der Waals surface area contributed by atoms with Crippen LogP contribution in [0.4, 0.5) is 4.39 Å². The Morgan fingerprint density at radius 2 is 2.00 bits per heavy atom. The van der Waals surface area contributed by atoms with E-state index in [0.29, 0.717) is 18.4 Å². The van der Waals surface area contributed by atoms with Gasteiger partial charge in [0.05, 0.1) is 17.1 Å².